The summed E-state index contributed by atoms with van der Waals surface area (Å²) < 4.78 is 0. The molecule has 0 bridgehead atoms. The van der Waals surface area contributed by atoms with E-state index in [0.717, 1.165) is 30.4 Å². The Morgan fingerprint density at radius 3 is 3.04 bits per heavy atom. The van der Waals surface area contributed by atoms with Crippen LogP contribution in [0.1, 0.15) is 45.6 Å². The van der Waals surface area contributed by atoms with Crippen LogP contribution in [0.5, 0.6) is 0 Å². The lowest BCUT2D eigenvalue weighted by Gasteiger charge is -2.22. The lowest BCUT2D eigenvalue weighted by Crippen LogP contribution is -2.32. The number of aryl methyl sites for hydroxylation is 1. The highest BCUT2D eigenvalue weighted by Gasteiger charge is 2.24. The first-order chi connectivity index (χ1) is 11.3. The largest absolute Gasteiger partial charge is 0.333 e. The molecule has 3 rings (SSSR count). The number of pyridine rings is 1. The average molecular weight is 325 g/mol. The number of hydrogen-bond acceptors (Lipinski definition) is 4. The van der Waals surface area contributed by atoms with Gasteiger partial charge in [-0.25, -0.2) is 0 Å². The minimum atomic E-state index is 0.0449. The van der Waals surface area contributed by atoms with Crippen molar-refractivity contribution in [2.45, 2.75) is 38.6 Å². The van der Waals surface area contributed by atoms with Crippen molar-refractivity contribution in [2.24, 2.45) is 0 Å². The Hall–Kier alpha value is -2.19. The Labute approximate surface area is 140 Å². The van der Waals surface area contributed by atoms with Crippen LogP contribution < -0.4 is 0 Å². The summed E-state index contributed by atoms with van der Waals surface area (Å²) in [5.41, 5.74) is 3.06. The monoisotopic (exact) mass is 325 g/mol. The SMILES string of the molecule is N#CCCN(Cc1cccnc1)C(=O)c1csc2c1CCCC2. The third-order valence-corrected chi connectivity index (χ3v) is 5.26. The number of hydrogen-bond donors (Lipinski definition) is 0. The Bertz CT molecular complexity index is 718. The number of rotatable bonds is 5. The minimum Gasteiger partial charge on any atom is -0.333 e. The fourth-order valence-electron chi connectivity index (χ4n) is 2.99. The molecule has 0 saturated heterocycles. The van der Waals surface area contributed by atoms with Crippen molar-refractivity contribution in [1.82, 2.24) is 9.88 Å². The van der Waals surface area contributed by atoms with E-state index in [2.05, 4.69) is 11.1 Å². The summed E-state index contributed by atoms with van der Waals surface area (Å²) in [7, 11) is 0. The second-order valence-corrected chi connectivity index (χ2v) is 6.72. The average Bonchev–Trinajstić information content (AvgIpc) is 3.03. The molecule has 118 valence electrons. The zero-order valence-corrected chi connectivity index (χ0v) is 13.8. The number of thiophene rings is 1. The lowest BCUT2D eigenvalue weighted by molar-refractivity contribution is 0.0746. The molecule has 1 aliphatic carbocycles. The van der Waals surface area contributed by atoms with Crippen molar-refractivity contribution in [2.75, 3.05) is 6.54 Å². The molecule has 1 amide bonds. The normalized spacial score (nSPS) is 13.2. The first-order valence-electron chi connectivity index (χ1n) is 7.94. The van der Waals surface area contributed by atoms with Gasteiger partial charge in [-0.15, -0.1) is 11.3 Å². The van der Waals surface area contributed by atoms with E-state index in [1.165, 1.54) is 16.9 Å². The van der Waals surface area contributed by atoms with E-state index < -0.39 is 0 Å². The summed E-state index contributed by atoms with van der Waals surface area (Å²) in [5, 5.41) is 10.9. The van der Waals surface area contributed by atoms with E-state index in [9.17, 15) is 4.79 Å². The molecule has 0 atom stereocenters. The molecule has 0 unspecified atom stereocenters. The summed E-state index contributed by atoms with van der Waals surface area (Å²) in [6, 6.07) is 5.97. The van der Waals surface area contributed by atoms with Gasteiger partial charge in [-0.1, -0.05) is 6.07 Å². The molecule has 0 N–H and O–H groups in total. The molecule has 0 spiro atoms. The van der Waals surface area contributed by atoms with E-state index in [-0.39, 0.29) is 5.91 Å². The van der Waals surface area contributed by atoms with Crippen LogP contribution in [0.3, 0.4) is 0 Å². The maximum atomic E-state index is 13.0. The zero-order chi connectivity index (χ0) is 16.1. The van der Waals surface area contributed by atoms with Crippen LogP contribution in [0, 0.1) is 11.3 Å². The van der Waals surface area contributed by atoms with Gasteiger partial charge in [-0.05, 0) is 42.9 Å². The van der Waals surface area contributed by atoms with E-state index in [1.807, 2.05) is 17.5 Å². The van der Waals surface area contributed by atoms with Crippen LogP contribution in [-0.2, 0) is 19.4 Å². The molecule has 0 saturated carbocycles. The Morgan fingerprint density at radius 1 is 1.39 bits per heavy atom. The summed E-state index contributed by atoms with van der Waals surface area (Å²) in [4.78, 5) is 20.2. The Kier molecular flexibility index (Phi) is 5.04. The molecular weight excluding hydrogens is 306 g/mol. The van der Waals surface area contributed by atoms with Crippen molar-refractivity contribution in [3.05, 3.63) is 51.5 Å². The number of aromatic nitrogens is 1. The topological polar surface area (TPSA) is 57.0 Å². The highest BCUT2D eigenvalue weighted by Crippen LogP contribution is 2.31. The van der Waals surface area contributed by atoms with Gasteiger partial charge in [0.15, 0.2) is 0 Å². The van der Waals surface area contributed by atoms with Gasteiger partial charge in [0.05, 0.1) is 18.1 Å². The quantitative estimate of drug-likeness (QED) is 0.844. The van der Waals surface area contributed by atoms with Gasteiger partial charge in [0.25, 0.3) is 5.91 Å². The van der Waals surface area contributed by atoms with Crippen LogP contribution in [0.4, 0.5) is 0 Å². The fraction of sp³-hybridized carbons (Fsp3) is 0.389. The Balaban J connectivity index is 1.82. The number of carbonyl (C=O) groups is 1. The van der Waals surface area contributed by atoms with Crippen molar-refractivity contribution in [3.8, 4) is 6.07 Å². The number of fused-ring (bicyclic) bond motifs is 1. The van der Waals surface area contributed by atoms with Crippen LogP contribution in [-0.4, -0.2) is 22.3 Å². The molecule has 4 nitrogen and oxygen atoms in total. The van der Waals surface area contributed by atoms with Gasteiger partial charge in [-0.3, -0.25) is 9.78 Å². The molecule has 0 radical (unpaired) electrons. The lowest BCUT2D eigenvalue weighted by atomic mass is 9.95. The van der Waals surface area contributed by atoms with Gasteiger partial charge < -0.3 is 4.90 Å². The summed E-state index contributed by atoms with van der Waals surface area (Å²) >= 11 is 1.70. The van der Waals surface area contributed by atoms with Gasteiger partial charge in [0.1, 0.15) is 0 Å². The maximum absolute atomic E-state index is 13.0. The molecule has 0 aromatic carbocycles. The molecule has 0 fully saturated rings. The van der Waals surface area contributed by atoms with Gasteiger partial charge in [-0.2, -0.15) is 5.26 Å². The maximum Gasteiger partial charge on any atom is 0.255 e. The van der Waals surface area contributed by atoms with Gasteiger partial charge >= 0.3 is 0 Å². The highest BCUT2D eigenvalue weighted by molar-refractivity contribution is 7.10. The first-order valence-corrected chi connectivity index (χ1v) is 8.82. The smallest absolute Gasteiger partial charge is 0.255 e. The molecular formula is C18H19N3OS. The van der Waals surface area contributed by atoms with E-state index in [0.29, 0.717) is 19.5 Å². The van der Waals surface area contributed by atoms with Crippen molar-refractivity contribution >= 4 is 17.2 Å². The van der Waals surface area contributed by atoms with E-state index in [4.69, 9.17) is 5.26 Å². The highest BCUT2D eigenvalue weighted by atomic mass is 32.1. The van der Waals surface area contributed by atoms with E-state index >= 15 is 0 Å². The number of nitriles is 1. The molecule has 2 aromatic heterocycles. The predicted octanol–water partition coefficient (Wildman–Crippen LogP) is 3.58. The minimum absolute atomic E-state index is 0.0449. The van der Waals surface area contributed by atoms with Crippen LogP contribution in [0.25, 0.3) is 0 Å². The number of amides is 1. The van der Waals surface area contributed by atoms with E-state index in [1.54, 1.807) is 28.6 Å². The van der Waals surface area contributed by atoms with Gasteiger partial charge in [0, 0.05) is 35.7 Å². The third kappa shape index (κ3) is 3.59. The molecule has 2 aromatic rings. The number of carbonyl (C=O) groups excluding carboxylic acids is 1. The molecule has 0 aliphatic heterocycles. The molecule has 1 aliphatic rings. The summed E-state index contributed by atoms with van der Waals surface area (Å²) in [6.07, 6.45) is 8.31. The second-order valence-electron chi connectivity index (χ2n) is 5.75. The summed E-state index contributed by atoms with van der Waals surface area (Å²) in [5.74, 6) is 0.0449. The molecule has 5 heteroatoms. The van der Waals surface area contributed by atoms with Crippen molar-refractivity contribution in [3.63, 3.8) is 0 Å². The Morgan fingerprint density at radius 2 is 2.26 bits per heavy atom. The summed E-state index contributed by atoms with van der Waals surface area (Å²) in [6.45, 7) is 0.952. The second kappa shape index (κ2) is 7.38. The van der Waals surface area contributed by atoms with Crippen LogP contribution in [0.15, 0.2) is 29.9 Å². The first kappa shape index (κ1) is 15.7. The number of nitrogens with zero attached hydrogens (tertiary/aromatic N) is 3. The predicted molar refractivity (Wildman–Crippen MR) is 90.2 cm³/mol. The van der Waals surface area contributed by atoms with Crippen molar-refractivity contribution in [1.29, 1.82) is 5.26 Å². The van der Waals surface area contributed by atoms with Crippen molar-refractivity contribution < 1.29 is 4.79 Å². The van der Waals surface area contributed by atoms with Crippen LogP contribution in [0.2, 0.25) is 0 Å². The van der Waals surface area contributed by atoms with Crippen LogP contribution >= 0.6 is 11.3 Å². The standard InChI is InChI=1S/C18H19N3OS/c19-8-4-10-21(12-14-5-3-9-20-11-14)18(22)16-13-23-17-7-2-1-6-15(16)17/h3,5,9,11,13H,1-2,4,6-7,10,12H2. The molecule has 2 heterocycles. The molecule has 23 heavy (non-hydrogen) atoms. The zero-order valence-electron chi connectivity index (χ0n) is 13.0. The van der Waals surface area contributed by atoms with Gasteiger partial charge in [0.2, 0.25) is 0 Å². The third-order valence-electron chi connectivity index (χ3n) is 4.17. The fourth-order valence-corrected chi connectivity index (χ4v) is 4.11.